The van der Waals surface area contributed by atoms with Crippen molar-refractivity contribution in [2.45, 2.75) is 45.6 Å². The Balaban J connectivity index is 2.06. The molecule has 0 spiro atoms. The van der Waals surface area contributed by atoms with Gasteiger partial charge in [0.1, 0.15) is 6.04 Å². The molecule has 1 aliphatic heterocycles. The van der Waals surface area contributed by atoms with Gasteiger partial charge in [0.25, 0.3) is 0 Å². The summed E-state index contributed by atoms with van der Waals surface area (Å²) in [6, 6.07) is 8.09. The Morgan fingerprint density at radius 2 is 1.79 bits per heavy atom. The van der Waals surface area contributed by atoms with Crippen LogP contribution < -0.4 is 5.32 Å². The number of nitrogens with one attached hydrogen (secondary N) is 1. The third kappa shape index (κ3) is 3.28. The highest BCUT2D eigenvalue weighted by Gasteiger charge is 2.23. The van der Waals surface area contributed by atoms with Crippen LogP contribution in [0.3, 0.4) is 0 Å². The van der Waals surface area contributed by atoms with Gasteiger partial charge >= 0.3 is 0 Å². The topological polar surface area (TPSA) is 32.3 Å². The first-order valence-electron chi connectivity index (χ1n) is 7.24. The minimum absolute atomic E-state index is 0.155. The quantitative estimate of drug-likeness (QED) is 0.901. The van der Waals surface area contributed by atoms with E-state index in [4.69, 9.17) is 0 Å². The van der Waals surface area contributed by atoms with Crippen LogP contribution in [0, 0.1) is 0 Å². The molecule has 1 aromatic carbocycles. The molecular formula is C16H24N2O. The van der Waals surface area contributed by atoms with Crippen LogP contribution in [0.4, 0.5) is 5.69 Å². The molecule has 1 saturated heterocycles. The van der Waals surface area contributed by atoms with Gasteiger partial charge in [-0.1, -0.05) is 32.0 Å². The average Bonchev–Trinajstić information content (AvgIpc) is 2.92. The van der Waals surface area contributed by atoms with Crippen molar-refractivity contribution in [2.24, 2.45) is 0 Å². The first-order chi connectivity index (χ1) is 9.09. The highest BCUT2D eigenvalue weighted by atomic mass is 16.2. The Morgan fingerprint density at radius 3 is 2.42 bits per heavy atom. The predicted molar refractivity (Wildman–Crippen MR) is 79.4 cm³/mol. The number of carbonyl (C=O) groups excluding carboxylic acids is 1. The molecule has 1 fully saturated rings. The fourth-order valence-electron chi connectivity index (χ4n) is 2.64. The van der Waals surface area contributed by atoms with Gasteiger partial charge in [-0.15, -0.1) is 0 Å². The smallest absolute Gasteiger partial charge is 0.244 e. The maximum atomic E-state index is 12.3. The minimum atomic E-state index is -0.155. The van der Waals surface area contributed by atoms with E-state index in [0.29, 0.717) is 5.92 Å². The average molecular weight is 260 g/mol. The van der Waals surface area contributed by atoms with Gasteiger partial charge in [0.2, 0.25) is 5.91 Å². The standard InChI is InChI=1S/C16H24N2O/c1-12(2)14-8-4-5-9-15(14)17-13(3)16(19)18-10-6-7-11-18/h4-5,8-9,12-13,17H,6-7,10-11H2,1-3H3. The van der Waals surface area contributed by atoms with E-state index in [1.807, 2.05) is 24.0 Å². The Morgan fingerprint density at radius 1 is 1.16 bits per heavy atom. The molecule has 0 aromatic heterocycles. The molecule has 0 radical (unpaired) electrons. The van der Waals surface area contributed by atoms with Crippen molar-refractivity contribution in [3.05, 3.63) is 29.8 Å². The lowest BCUT2D eigenvalue weighted by Crippen LogP contribution is -2.39. The molecule has 3 heteroatoms. The summed E-state index contributed by atoms with van der Waals surface area (Å²) in [5.74, 6) is 0.675. The normalized spacial score (nSPS) is 16.7. The van der Waals surface area contributed by atoms with Crippen molar-refractivity contribution in [3.63, 3.8) is 0 Å². The number of amides is 1. The van der Waals surface area contributed by atoms with Crippen LogP contribution in [0.2, 0.25) is 0 Å². The number of nitrogens with zero attached hydrogens (tertiary/aromatic N) is 1. The van der Waals surface area contributed by atoms with Crippen molar-refractivity contribution in [2.75, 3.05) is 18.4 Å². The van der Waals surface area contributed by atoms with E-state index >= 15 is 0 Å². The van der Waals surface area contributed by atoms with Gasteiger partial charge in [0, 0.05) is 18.8 Å². The molecule has 1 N–H and O–H groups in total. The summed E-state index contributed by atoms with van der Waals surface area (Å²) in [7, 11) is 0. The molecule has 1 unspecified atom stereocenters. The number of hydrogen-bond donors (Lipinski definition) is 1. The first kappa shape index (κ1) is 13.9. The van der Waals surface area contributed by atoms with Crippen LogP contribution in [0.25, 0.3) is 0 Å². The van der Waals surface area contributed by atoms with Crippen molar-refractivity contribution in [1.82, 2.24) is 4.90 Å². The van der Waals surface area contributed by atoms with Crippen molar-refractivity contribution in [3.8, 4) is 0 Å². The number of carbonyl (C=O) groups is 1. The third-order valence-electron chi connectivity index (χ3n) is 3.74. The molecular weight excluding hydrogens is 236 g/mol. The number of hydrogen-bond acceptors (Lipinski definition) is 2. The highest BCUT2D eigenvalue weighted by molar-refractivity contribution is 5.84. The van der Waals surface area contributed by atoms with Gasteiger partial charge in [-0.2, -0.15) is 0 Å². The molecule has 19 heavy (non-hydrogen) atoms. The molecule has 1 amide bonds. The second-order valence-electron chi connectivity index (χ2n) is 5.64. The third-order valence-corrected chi connectivity index (χ3v) is 3.74. The molecule has 104 valence electrons. The fraction of sp³-hybridized carbons (Fsp3) is 0.562. The molecule has 0 saturated carbocycles. The summed E-state index contributed by atoms with van der Waals surface area (Å²) >= 11 is 0. The van der Waals surface area contributed by atoms with Crippen molar-refractivity contribution in [1.29, 1.82) is 0 Å². The molecule has 3 nitrogen and oxygen atoms in total. The Kier molecular flexibility index (Phi) is 4.46. The van der Waals surface area contributed by atoms with Crippen LogP contribution in [0.1, 0.15) is 45.1 Å². The van der Waals surface area contributed by atoms with Gasteiger partial charge in [-0.3, -0.25) is 4.79 Å². The van der Waals surface area contributed by atoms with Gasteiger partial charge in [-0.05, 0) is 37.3 Å². The van der Waals surface area contributed by atoms with E-state index in [0.717, 1.165) is 31.6 Å². The van der Waals surface area contributed by atoms with Crippen LogP contribution >= 0.6 is 0 Å². The van der Waals surface area contributed by atoms with E-state index in [9.17, 15) is 4.79 Å². The van der Waals surface area contributed by atoms with Crippen molar-refractivity contribution >= 4 is 11.6 Å². The maximum Gasteiger partial charge on any atom is 0.244 e. The number of rotatable bonds is 4. The molecule has 1 heterocycles. The summed E-state index contributed by atoms with van der Waals surface area (Å²) in [5.41, 5.74) is 2.35. The predicted octanol–water partition coefficient (Wildman–Crippen LogP) is 3.23. The molecule has 0 aliphatic carbocycles. The first-order valence-corrected chi connectivity index (χ1v) is 7.24. The minimum Gasteiger partial charge on any atom is -0.374 e. The largest absolute Gasteiger partial charge is 0.374 e. The van der Waals surface area contributed by atoms with E-state index in [2.05, 4.69) is 31.3 Å². The van der Waals surface area contributed by atoms with E-state index in [1.165, 1.54) is 5.56 Å². The lowest BCUT2D eigenvalue weighted by atomic mass is 10.0. The van der Waals surface area contributed by atoms with Crippen LogP contribution in [-0.4, -0.2) is 29.9 Å². The summed E-state index contributed by atoms with van der Waals surface area (Å²) in [4.78, 5) is 14.3. The Hall–Kier alpha value is -1.51. The van der Waals surface area contributed by atoms with E-state index in [1.54, 1.807) is 0 Å². The summed E-state index contributed by atoms with van der Waals surface area (Å²) in [5, 5.41) is 3.38. The van der Waals surface area contributed by atoms with Crippen molar-refractivity contribution < 1.29 is 4.79 Å². The van der Waals surface area contributed by atoms with Crippen LogP contribution in [0.5, 0.6) is 0 Å². The van der Waals surface area contributed by atoms with E-state index in [-0.39, 0.29) is 11.9 Å². The number of anilines is 1. The molecule has 1 aromatic rings. The zero-order chi connectivity index (χ0) is 13.8. The Bertz CT molecular complexity index is 436. The number of likely N-dealkylation sites (tertiary alicyclic amines) is 1. The van der Waals surface area contributed by atoms with E-state index < -0.39 is 0 Å². The zero-order valence-corrected chi connectivity index (χ0v) is 12.1. The number of benzene rings is 1. The lowest BCUT2D eigenvalue weighted by molar-refractivity contribution is -0.130. The van der Waals surface area contributed by atoms with Crippen LogP contribution in [0.15, 0.2) is 24.3 Å². The fourth-order valence-corrected chi connectivity index (χ4v) is 2.64. The molecule has 1 atom stereocenters. The van der Waals surface area contributed by atoms with Gasteiger partial charge in [0.05, 0.1) is 0 Å². The lowest BCUT2D eigenvalue weighted by Gasteiger charge is -2.23. The second kappa shape index (κ2) is 6.09. The monoisotopic (exact) mass is 260 g/mol. The van der Waals surface area contributed by atoms with Gasteiger partial charge < -0.3 is 10.2 Å². The summed E-state index contributed by atoms with van der Waals surface area (Å²) in [6.45, 7) is 8.13. The molecule has 1 aliphatic rings. The Labute approximate surface area is 116 Å². The second-order valence-corrected chi connectivity index (χ2v) is 5.64. The number of para-hydroxylation sites is 1. The van der Waals surface area contributed by atoms with Crippen LogP contribution in [-0.2, 0) is 4.79 Å². The zero-order valence-electron chi connectivity index (χ0n) is 12.1. The molecule has 2 rings (SSSR count). The maximum absolute atomic E-state index is 12.3. The summed E-state index contributed by atoms with van der Waals surface area (Å²) in [6.07, 6.45) is 2.28. The highest BCUT2D eigenvalue weighted by Crippen LogP contribution is 2.24. The van der Waals surface area contributed by atoms with Gasteiger partial charge in [0.15, 0.2) is 0 Å². The summed E-state index contributed by atoms with van der Waals surface area (Å²) < 4.78 is 0. The van der Waals surface area contributed by atoms with Gasteiger partial charge in [-0.25, -0.2) is 0 Å². The molecule has 0 bridgehead atoms. The SMILES string of the molecule is CC(Nc1ccccc1C(C)C)C(=O)N1CCCC1.